The van der Waals surface area contributed by atoms with Gasteiger partial charge in [0.2, 0.25) is 23.6 Å². The molecule has 10 heteroatoms. The van der Waals surface area contributed by atoms with Gasteiger partial charge in [-0.25, -0.2) is 19.3 Å². The van der Waals surface area contributed by atoms with Crippen LogP contribution in [-0.4, -0.2) is 40.0 Å². The quantitative estimate of drug-likeness (QED) is 0.457. The fourth-order valence-corrected chi connectivity index (χ4v) is 4.12. The maximum Gasteiger partial charge on any atom is 0.228 e. The summed E-state index contributed by atoms with van der Waals surface area (Å²) in [6, 6.07) is 7.93. The predicted molar refractivity (Wildman–Crippen MR) is 127 cm³/mol. The molecule has 2 aliphatic rings. The zero-order chi connectivity index (χ0) is 24.2. The van der Waals surface area contributed by atoms with Crippen LogP contribution in [0.5, 0.6) is 11.6 Å². The second-order valence-corrected chi connectivity index (χ2v) is 8.77. The molecule has 2 aromatic heterocycles. The summed E-state index contributed by atoms with van der Waals surface area (Å²) in [6.45, 7) is 1.83. The second-order valence-electron chi connectivity index (χ2n) is 8.77. The van der Waals surface area contributed by atoms with E-state index >= 15 is 0 Å². The van der Waals surface area contributed by atoms with E-state index in [-0.39, 0.29) is 35.2 Å². The Kier molecular flexibility index (Phi) is 6.80. The number of amides is 1. The standard InChI is InChI=1S/C25H26F2N6O2/c26-21-19(32-23(34)15-4-1-5-15)8-9-20(22(21)27)35-24-17(7-3-12-29-24)18-10-13-30-25(33-18)31-16-6-2-11-28-14-16/h3,7-10,12-13,15-16,28H,1-2,4-6,11,14H2,(H,32,34)(H,30,31,33)/t16-/m0/s1. The van der Waals surface area contributed by atoms with Gasteiger partial charge in [0.25, 0.3) is 0 Å². The minimum atomic E-state index is -1.21. The molecule has 3 heterocycles. The molecule has 1 aromatic carbocycles. The highest BCUT2D eigenvalue weighted by Gasteiger charge is 2.27. The summed E-state index contributed by atoms with van der Waals surface area (Å²) in [5, 5.41) is 9.13. The van der Waals surface area contributed by atoms with Crippen molar-refractivity contribution < 1.29 is 18.3 Å². The van der Waals surface area contributed by atoms with Crippen molar-refractivity contribution in [2.75, 3.05) is 23.7 Å². The van der Waals surface area contributed by atoms with E-state index in [2.05, 4.69) is 30.9 Å². The highest BCUT2D eigenvalue weighted by molar-refractivity contribution is 5.93. The van der Waals surface area contributed by atoms with Crippen molar-refractivity contribution in [2.24, 2.45) is 5.92 Å². The summed E-state index contributed by atoms with van der Waals surface area (Å²) < 4.78 is 35.2. The molecule has 0 bridgehead atoms. The number of nitrogens with one attached hydrogen (secondary N) is 3. The van der Waals surface area contributed by atoms with E-state index in [0.29, 0.717) is 17.2 Å². The summed E-state index contributed by atoms with van der Waals surface area (Å²) >= 11 is 0. The van der Waals surface area contributed by atoms with Crippen molar-refractivity contribution in [3.05, 3.63) is 54.4 Å². The lowest BCUT2D eigenvalue weighted by Crippen LogP contribution is -2.38. The molecule has 0 spiro atoms. The number of nitrogens with zero attached hydrogens (tertiary/aromatic N) is 3. The normalized spacial score (nSPS) is 17.9. The van der Waals surface area contributed by atoms with Gasteiger partial charge in [0, 0.05) is 30.9 Å². The Bertz CT molecular complexity index is 1210. The number of piperidine rings is 1. The molecule has 1 saturated carbocycles. The first-order valence-corrected chi connectivity index (χ1v) is 11.8. The van der Waals surface area contributed by atoms with E-state index in [1.54, 1.807) is 24.4 Å². The van der Waals surface area contributed by atoms with E-state index in [1.807, 2.05) is 0 Å². The van der Waals surface area contributed by atoms with Crippen molar-refractivity contribution in [3.63, 3.8) is 0 Å². The number of benzene rings is 1. The van der Waals surface area contributed by atoms with Gasteiger partial charge in [-0.15, -0.1) is 0 Å². The summed E-state index contributed by atoms with van der Waals surface area (Å²) in [5.41, 5.74) is 0.818. The highest BCUT2D eigenvalue weighted by atomic mass is 19.2. The first-order chi connectivity index (χ1) is 17.1. The van der Waals surface area contributed by atoms with Crippen LogP contribution in [0, 0.1) is 17.6 Å². The van der Waals surface area contributed by atoms with E-state index < -0.39 is 11.6 Å². The lowest BCUT2D eigenvalue weighted by molar-refractivity contribution is -0.122. The summed E-state index contributed by atoms with van der Waals surface area (Å²) in [5.74, 6) is -2.63. The topological polar surface area (TPSA) is 101 Å². The largest absolute Gasteiger partial charge is 0.435 e. The van der Waals surface area contributed by atoms with Crippen LogP contribution in [0.1, 0.15) is 32.1 Å². The first-order valence-electron chi connectivity index (χ1n) is 11.8. The third-order valence-corrected chi connectivity index (χ3v) is 6.32. The molecule has 1 aliphatic heterocycles. The minimum absolute atomic E-state index is 0.0704. The molecule has 0 radical (unpaired) electrons. The molecule has 1 amide bonds. The number of anilines is 2. The number of pyridine rings is 1. The molecule has 1 aliphatic carbocycles. The molecule has 1 atom stereocenters. The average molecular weight is 481 g/mol. The Morgan fingerprint density at radius 3 is 2.69 bits per heavy atom. The van der Waals surface area contributed by atoms with Gasteiger partial charge in [-0.2, -0.15) is 4.39 Å². The van der Waals surface area contributed by atoms with Crippen LogP contribution in [-0.2, 0) is 4.79 Å². The minimum Gasteiger partial charge on any atom is -0.435 e. The Morgan fingerprint density at radius 1 is 1.03 bits per heavy atom. The van der Waals surface area contributed by atoms with Crippen molar-refractivity contribution in [3.8, 4) is 22.9 Å². The fourth-order valence-electron chi connectivity index (χ4n) is 4.12. The van der Waals surface area contributed by atoms with Gasteiger partial charge in [0.15, 0.2) is 11.6 Å². The molecule has 8 nitrogen and oxygen atoms in total. The van der Waals surface area contributed by atoms with Crippen LogP contribution in [0.2, 0.25) is 0 Å². The Balaban J connectivity index is 1.35. The third-order valence-electron chi connectivity index (χ3n) is 6.32. The number of aromatic nitrogens is 3. The zero-order valence-corrected chi connectivity index (χ0v) is 19.1. The first kappa shape index (κ1) is 23.1. The monoisotopic (exact) mass is 480 g/mol. The van der Waals surface area contributed by atoms with Crippen LogP contribution in [0.4, 0.5) is 20.4 Å². The summed E-state index contributed by atoms with van der Waals surface area (Å²) in [4.78, 5) is 25.2. The van der Waals surface area contributed by atoms with Crippen molar-refractivity contribution in [1.29, 1.82) is 0 Å². The number of hydrogen-bond acceptors (Lipinski definition) is 7. The van der Waals surface area contributed by atoms with E-state index in [0.717, 1.165) is 45.2 Å². The average Bonchev–Trinajstić information content (AvgIpc) is 2.84. The van der Waals surface area contributed by atoms with E-state index in [4.69, 9.17) is 4.74 Å². The van der Waals surface area contributed by atoms with E-state index in [1.165, 1.54) is 18.3 Å². The molecule has 35 heavy (non-hydrogen) atoms. The van der Waals surface area contributed by atoms with Gasteiger partial charge in [-0.3, -0.25) is 4.79 Å². The van der Waals surface area contributed by atoms with Gasteiger partial charge in [0.05, 0.1) is 16.9 Å². The van der Waals surface area contributed by atoms with Gasteiger partial charge in [0.1, 0.15) is 0 Å². The summed E-state index contributed by atoms with van der Waals surface area (Å²) in [6.07, 6.45) is 7.70. The number of ether oxygens (including phenoxy) is 1. The van der Waals surface area contributed by atoms with Gasteiger partial charge in [-0.05, 0) is 62.6 Å². The van der Waals surface area contributed by atoms with Crippen LogP contribution in [0.25, 0.3) is 11.3 Å². The van der Waals surface area contributed by atoms with Gasteiger partial charge < -0.3 is 20.7 Å². The molecule has 5 rings (SSSR count). The number of carbonyl (C=O) groups is 1. The molecule has 2 fully saturated rings. The second kappa shape index (κ2) is 10.3. The van der Waals surface area contributed by atoms with Crippen molar-refractivity contribution in [1.82, 2.24) is 20.3 Å². The number of carbonyl (C=O) groups excluding carboxylic acids is 1. The zero-order valence-electron chi connectivity index (χ0n) is 19.1. The number of rotatable bonds is 7. The molecular weight excluding hydrogens is 454 g/mol. The van der Waals surface area contributed by atoms with Crippen LogP contribution in [0.15, 0.2) is 42.7 Å². The van der Waals surface area contributed by atoms with Crippen LogP contribution >= 0.6 is 0 Å². The van der Waals surface area contributed by atoms with E-state index in [9.17, 15) is 13.6 Å². The maximum absolute atomic E-state index is 14.8. The molecule has 182 valence electrons. The number of halogens is 2. The molecule has 3 aromatic rings. The fraction of sp³-hybridized carbons (Fsp3) is 0.360. The summed E-state index contributed by atoms with van der Waals surface area (Å²) in [7, 11) is 0. The Labute approximate surface area is 201 Å². The molecular formula is C25H26F2N6O2. The lowest BCUT2D eigenvalue weighted by Gasteiger charge is -2.24. The SMILES string of the molecule is O=C(Nc1ccc(Oc2ncccc2-c2ccnc(N[C@H]3CCCNC3)n2)c(F)c1F)C1CCC1. The lowest BCUT2D eigenvalue weighted by atomic mass is 9.85. The van der Waals surface area contributed by atoms with Crippen molar-refractivity contribution >= 4 is 17.5 Å². The molecule has 1 saturated heterocycles. The molecule has 3 N–H and O–H groups in total. The third kappa shape index (κ3) is 5.22. The van der Waals surface area contributed by atoms with Crippen molar-refractivity contribution in [2.45, 2.75) is 38.1 Å². The van der Waals surface area contributed by atoms with Gasteiger partial charge >= 0.3 is 0 Å². The molecule has 0 unspecified atom stereocenters. The van der Waals surface area contributed by atoms with Gasteiger partial charge in [-0.1, -0.05) is 6.42 Å². The highest BCUT2D eigenvalue weighted by Crippen LogP contribution is 2.35. The predicted octanol–water partition coefficient (Wildman–Crippen LogP) is 4.51. The number of hydrogen-bond donors (Lipinski definition) is 3. The smallest absolute Gasteiger partial charge is 0.228 e. The van der Waals surface area contributed by atoms with Crippen LogP contribution < -0.4 is 20.7 Å². The Morgan fingerprint density at radius 2 is 1.91 bits per heavy atom. The Hall–Kier alpha value is -3.66. The van der Waals surface area contributed by atoms with Crippen LogP contribution in [0.3, 0.4) is 0 Å². The maximum atomic E-state index is 14.8.